The highest BCUT2D eigenvalue weighted by Crippen LogP contribution is 2.33. The van der Waals surface area contributed by atoms with Gasteiger partial charge in [0.2, 0.25) is 0 Å². The molecule has 114 valence electrons. The van der Waals surface area contributed by atoms with Gasteiger partial charge in [0.15, 0.2) is 0 Å². The molecule has 1 fully saturated rings. The van der Waals surface area contributed by atoms with Crippen molar-refractivity contribution in [1.82, 2.24) is 20.3 Å². The summed E-state index contributed by atoms with van der Waals surface area (Å²) >= 11 is 0. The molecule has 2 rings (SSSR count). The zero-order valence-corrected chi connectivity index (χ0v) is 12.9. The first-order valence-corrected chi connectivity index (χ1v) is 7.83. The zero-order chi connectivity index (χ0) is 14.5. The summed E-state index contributed by atoms with van der Waals surface area (Å²) in [6, 6.07) is 0.585. The van der Waals surface area contributed by atoms with Crippen molar-refractivity contribution >= 4 is 0 Å². The maximum absolute atomic E-state index is 8.88. The molecular formula is C15H28N4O. The number of hydrogen-bond donors (Lipinski definition) is 2. The van der Waals surface area contributed by atoms with E-state index < -0.39 is 0 Å². The second kappa shape index (κ2) is 7.18. The van der Waals surface area contributed by atoms with Gasteiger partial charge in [0.1, 0.15) is 0 Å². The molecular weight excluding hydrogens is 252 g/mol. The van der Waals surface area contributed by atoms with Crippen molar-refractivity contribution in [3.63, 3.8) is 0 Å². The van der Waals surface area contributed by atoms with Crippen LogP contribution >= 0.6 is 0 Å². The van der Waals surface area contributed by atoms with Crippen molar-refractivity contribution in [2.45, 2.75) is 59.2 Å². The Morgan fingerprint density at radius 1 is 1.45 bits per heavy atom. The van der Waals surface area contributed by atoms with Crippen LogP contribution in [0.5, 0.6) is 0 Å². The summed E-state index contributed by atoms with van der Waals surface area (Å²) in [7, 11) is 0. The van der Waals surface area contributed by atoms with Crippen molar-refractivity contribution in [3.8, 4) is 0 Å². The predicted octanol–water partition coefficient (Wildman–Crippen LogP) is 1.82. The molecule has 1 aliphatic carbocycles. The molecule has 0 aliphatic heterocycles. The van der Waals surface area contributed by atoms with E-state index in [0.717, 1.165) is 30.0 Å². The first-order valence-electron chi connectivity index (χ1n) is 7.83. The van der Waals surface area contributed by atoms with Crippen LogP contribution in [0.1, 0.15) is 45.7 Å². The van der Waals surface area contributed by atoms with Gasteiger partial charge in [-0.2, -0.15) is 0 Å². The number of aliphatic hydroxyl groups is 1. The molecule has 0 spiro atoms. The maximum Gasteiger partial charge on any atom is 0.0964 e. The van der Waals surface area contributed by atoms with E-state index in [1.54, 1.807) is 4.68 Å². The fraction of sp³-hybridized carbons (Fsp3) is 0.867. The number of hydrogen-bond acceptors (Lipinski definition) is 4. The summed E-state index contributed by atoms with van der Waals surface area (Å²) in [5.74, 6) is 2.30. The minimum Gasteiger partial charge on any atom is -0.394 e. The number of nitrogens with zero attached hydrogens (tertiary/aromatic N) is 3. The van der Waals surface area contributed by atoms with Gasteiger partial charge in [-0.25, -0.2) is 4.68 Å². The van der Waals surface area contributed by atoms with E-state index >= 15 is 0 Å². The van der Waals surface area contributed by atoms with Gasteiger partial charge in [0, 0.05) is 18.8 Å². The summed E-state index contributed by atoms with van der Waals surface area (Å²) < 4.78 is 1.69. The number of aliphatic hydroxyl groups excluding tert-OH is 1. The second-order valence-corrected chi connectivity index (χ2v) is 6.51. The molecule has 0 saturated heterocycles. The lowest BCUT2D eigenvalue weighted by atomic mass is 9.74. The molecule has 0 radical (unpaired) electrons. The largest absolute Gasteiger partial charge is 0.394 e. The van der Waals surface area contributed by atoms with Crippen LogP contribution in [0, 0.1) is 17.8 Å². The Hall–Kier alpha value is -0.940. The lowest BCUT2D eigenvalue weighted by Crippen LogP contribution is -2.42. The average Bonchev–Trinajstić information content (AvgIpc) is 2.84. The highest BCUT2D eigenvalue weighted by Gasteiger charge is 2.30. The molecule has 20 heavy (non-hydrogen) atoms. The van der Waals surface area contributed by atoms with Gasteiger partial charge in [-0.15, -0.1) is 5.10 Å². The lowest BCUT2D eigenvalue weighted by Gasteiger charge is -2.37. The van der Waals surface area contributed by atoms with Crippen molar-refractivity contribution in [2.75, 3.05) is 6.61 Å². The molecule has 2 N–H and O–H groups in total. The standard InChI is InChI=1S/C15H28N4O/c1-11(2)14-5-4-12(3)8-15(14)16-9-13-10-19(6-7-20)18-17-13/h10-12,14-16,20H,4-9H2,1-3H3. The van der Waals surface area contributed by atoms with Crippen LogP contribution in [0.15, 0.2) is 6.20 Å². The Labute approximate surface area is 121 Å². The molecule has 1 aliphatic rings. The molecule has 1 aromatic rings. The van der Waals surface area contributed by atoms with E-state index in [-0.39, 0.29) is 6.61 Å². The lowest BCUT2D eigenvalue weighted by molar-refractivity contribution is 0.169. The monoisotopic (exact) mass is 280 g/mol. The third kappa shape index (κ3) is 4.03. The second-order valence-electron chi connectivity index (χ2n) is 6.51. The fourth-order valence-electron chi connectivity index (χ4n) is 3.30. The molecule has 0 bridgehead atoms. The minimum atomic E-state index is 0.103. The van der Waals surface area contributed by atoms with Crippen LogP contribution in [-0.2, 0) is 13.1 Å². The number of nitrogens with one attached hydrogen (secondary N) is 1. The molecule has 1 aromatic heterocycles. The van der Waals surface area contributed by atoms with Crippen LogP contribution in [0.25, 0.3) is 0 Å². The first-order chi connectivity index (χ1) is 9.60. The summed E-state index contributed by atoms with van der Waals surface area (Å²) in [6.07, 6.45) is 5.86. The van der Waals surface area contributed by atoms with Crippen LogP contribution in [0.2, 0.25) is 0 Å². The Kier molecular flexibility index (Phi) is 5.54. The Balaban J connectivity index is 1.89. The van der Waals surface area contributed by atoms with Gasteiger partial charge in [0.05, 0.1) is 18.8 Å². The van der Waals surface area contributed by atoms with Crippen LogP contribution in [-0.4, -0.2) is 32.7 Å². The molecule has 5 heteroatoms. The van der Waals surface area contributed by atoms with E-state index in [0.29, 0.717) is 12.6 Å². The van der Waals surface area contributed by atoms with Crippen LogP contribution < -0.4 is 5.32 Å². The SMILES string of the molecule is CC1CCC(C(C)C)C(NCc2cn(CCO)nn2)C1. The highest BCUT2D eigenvalue weighted by atomic mass is 16.3. The average molecular weight is 280 g/mol. The van der Waals surface area contributed by atoms with E-state index in [9.17, 15) is 0 Å². The van der Waals surface area contributed by atoms with Gasteiger partial charge in [0.25, 0.3) is 0 Å². The third-order valence-corrected chi connectivity index (χ3v) is 4.48. The summed E-state index contributed by atoms with van der Waals surface area (Å²) in [5.41, 5.74) is 0.958. The van der Waals surface area contributed by atoms with Crippen LogP contribution in [0.3, 0.4) is 0 Å². The molecule has 3 unspecified atom stereocenters. The molecule has 3 atom stereocenters. The Morgan fingerprint density at radius 3 is 2.95 bits per heavy atom. The third-order valence-electron chi connectivity index (χ3n) is 4.48. The Bertz CT molecular complexity index is 404. The van der Waals surface area contributed by atoms with Crippen molar-refractivity contribution in [3.05, 3.63) is 11.9 Å². The van der Waals surface area contributed by atoms with E-state index in [1.807, 2.05) is 6.20 Å². The quantitative estimate of drug-likeness (QED) is 0.834. The van der Waals surface area contributed by atoms with Crippen molar-refractivity contribution < 1.29 is 5.11 Å². The minimum absolute atomic E-state index is 0.103. The first kappa shape index (κ1) is 15.4. The van der Waals surface area contributed by atoms with Gasteiger partial charge in [-0.3, -0.25) is 0 Å². The molecule has 0 aromatic carbocycles. The predicted molar refractivity (Wildman–Crippen MR) is 79.1 cm³/mol. The van der Waals surface area contributed by atoms with Gasteiger partial charge < -0.3 is 10.4 Å². The van der Waals surface area contributed by atoms with Crippen molar-refractivity contribution in [2.24, 2.45) is 17.8 Å². The van der Waals surface area contributed by atoms with Crippen molar-refractivity contribution in [1.29, 1.82) is 0 Å². The molecule has 0 amide bonds. The summed E-state index contributed by atoms with van der Waals surface area (Å²) in [6.45, 7) is 8.39. The number of aromatic nitrogens is 3. The topological polar surface area (TPSA) is 63.0 Å². The van der Waals surface area contributed by atoms with E-state index in [4.69, 9.17) is 5.11 Å². The maximum atomic E-state index is 8.88. The highest BCUT2D eigenvalue weighted by molar-refractivity contribution is 4.94. The molecule has 1 heterocycles. The smallest absolute Gasteiger partial charge is 0.0964 e. The van der Waals surface area contributed by atoms with Crippen LogP contribution in [0.4, 0.5) is 0 Å². The molecule has 5 nitrogen and oxygen atoms in total. The Morgan fingerprint density at radius 2 is 2.25 bits per heavy atom. The van der Waals surface area contributed by atoms with E-state index in [2.05, 4.69) is 36.4 Å². The zero-order valence-electron chi connectivity index (χ0n) is 12.9. The number of rotatable bonds is 6. The van der Waals surface area contributed by atoms with Gasteiger partial charge in [-0.05, 0) is 30.6 Å². The van der Waals surface area contributed by atoms with Gasteiger partial charge >= 0.3 is 0 Å². The van der Waals surface area contributed by atoms with Gasteiger partial charge in [-0.1, -0.05) is 32.4 Å². The summed E-state index contributed by atoms with van der Waals surface area (Å²) in [5, 5.41) is 20.7. The summed E-state index contributed by atoms with van der Waals surface area (Å²) in [4.78, 5) is 0. The molecule has 1 saturated carbocycles. The fourth-order valence-corrected chi connectivity index (χ4v) is 3.30. The normalized spacial score (nSPS) is 27.1. The van der Waals surface area contributed by atoms with E-state index in [1.165, 1.54) is 19.3 Å².